The molecule has 0 aromatic rings. The molecule has 1 atom stereocenters. The van der Waals surface area contributed by atoms with Gasteiger partial charge in [-0.2, -0.15) is 0 Å². The van der Waals surface area contributed by atoms with Crippen molar-refractivity contribution in [1.29, 1.82) is 0 Å². The Bertz CT molecular complexity index is 323. The number of hydrogen-bond donors (Lipinski definition) is 1. The van der Waals surface area contributed by atoms with Crippen molar-refractivity contribution in [3.63, 3.8) is 0 Å². The number of rotatable bonds is 2. The molecule has 82 valence electrons. The van der Waals surface area contributed by atoms with Gasteiger partial charge in [-0.05, 0) is 13.3 Å². The average Bonchev–Trinajstić information content (AvgIpc) is 2.45. The van der Waals surface area contributed by atoms with E-state index in [0.29, 0.717) is 18.9 Å². The summed E-state index contributed by atoms with van der Waals surface area (Å²) in [6.07, 6.45) is 0.652. The summed E-state index contributed by atoms with van der Waals surface area (Å²) in [5.74, 6) is 0.889. The van der Waals surface area contributed by atoms with E-state index >= 15 is 0 Å². The molecule has 2 N–H and O–H groups in total. The maximum absolute atomic E-state index is 11.2. The molecule has 0 saturated carbocycles. The van der Waals surface area contributed by atoms with Crippen LogP contribution < -0.4 is 5.73 Å². The van der Waals surface area contributed by atoms with Gasteiger partial charge in [-0.25, -0.2) is 8.42 Å². The first-order valence-electron chi connectivity index (χ1n) is 4.69. The lowest BCUT2D eigenvalue weighted by molar-refractivity contribution is 0.391. The van der Waals surface area contributed by atoms with Crippen molar-refractivity contribution in [2.24, 2.45) is 10.7 Å². The molecule has 0 aromatic heterocycles. The molecule has 1 rings (SSSR count). The van der Waals surface area contributed by atoms with E-state index < -0.39 is 9.84 Å². The molecule has 5 nitrogen and oxygen atoms in total. The van der Waals surface area contributed by atoms with E-state index in [0.717, 1.165) is 0 Å². The summed E-state index contributed by atoms with van der Waals surface area (Å²) in [4.78, 5) is 5.80. The van der Waals surface area contributed by atoms with Gasteiger partial charge in [0.05, 0.1) is 11.5 Å². The Morgan fingerprint density at radius 1 is 1.64 bits per heavy atom. The summed E-state index contributed by atoms with van der Waals surface area (Å²) in [5.41, 5.74) is 5.68. The van der Waals surface area contributed by atoms with Gasteiger partial charge in [0.2, 0.25) is 0 Å². The number of hydrogen-bond acceptors (Lipinski definition) is 3. The van der Waals surface area contributed by atoms with E-state index in [1.165, 1.54) is 0 Å². The fraction of sp³-hybridized carbons (Fsp3) is 0.875. The highest BCUT2D eigenvalue weighted by atomic mass is 32.2. The summed E-state index contributed by atoms with van der Waals surface area (Å²) >= 11 is 0. The Morgan fingerprint density at radius 2 is 2.29 bits per heavy atom. The normalized spacial score (nSPS) is 26.4. The lowest BCUT2D eigenvalue weighted by Gasteiger charge is -2.24. The molecular formula is C8H17N3O2S. The van der Waals surface area contributed by atoms with Crippen molar-refractivity contribution in [2.75, 3.05) is 25.1 Å². The van der Waals surface area contributed by atoms with Crippen molar-refractivity contribution in [1.82, 2.24) is 4.90 Å². The molecule has 6 heteroatoms. The lowest BCUT2D eigenvalue weighted by atomic mass is 10.2. The van der Waals surface area contributed by atoms with Gasteiger partial charge in [0.25, 0.3) is 0 Å². The van der Waals surface area contributed by atoms with Crippen LogP contribution in [0.5, 0.6) is 0 Å². The lowest BCUT2D eigenvalue weighted by Crippen LogP contribution is -2.42. The molecule has 0 aromatic carbocycles. The Labute approximate surface area is 84.9 Å². The third-order valence-electron chi connectivity index (χ3n) is 2.44. The van der Waals surface area contributed by atoms with E-state index in [9.17, 15) is 8.42 Å². The van der Waals surface area contributed by atoms with Gasteiger partial charge >= 0.3 is 0 Å². The summed E-state index contributed by atoms with van der Waals surface area (Å²) in [6, 6.07) is -0.00435. The minimum atomic E-state index is -2.84. The van der Waals surface area contributed by atoms with Crippen molar-refractivity contribution in [2.45, 2.75) is 19.4 Å². The van der Waals surface area contributed by atoms with Crippen LogP contribution in [-0.2, 0) is 9.84 Å². The molecule has 0 aliphatic carbocycles. The SMILES string of the molecule is CCN=C(N)N(C)C1CCS(=O)(=O)C1. The third kappa shape index (κ3) is 2.60. The van der Waals surface area contributed by atoms with Crippen LogP contribution in [0.2, 0.25) is 0 Å². The fourth-order valence-electron chi connectivity index (χ4n) is 1.54. The van der Waals surface area contributed by atoms with Gasteiger partial charge < -0.3 is 10.6 Å². The number of sulfone groups is 1. The van der Waals surface area contributed by atoms with Crippen molar-refractivity contribution < 1.29 is 8.42 Å². The standard InChI is InChI=1S/C8H17N3O2S/c1-3-10-8(9)11(2)7-4-5-14(12,13)6-7/h7H,3-6H2,1-2H3,(H2,9,10). The Morgan fingerprint density at radius 3 is 2.71 bits per heavy atom. The van der Waals surface area contributed by atoms with Crippen LogP contribution in [0.4, 0.5) is 0 Å². The van der Waals surface area contributed by atoms with E-state index in [-0.39, 0.29) is 17.5 Å². The van der Waals surface area contributed by atoms with E-state index in [1.807, 2.05) is 6.92 Å². The van der Waals surface area contributed by atoms with E-state index in [2.05, 4.69) is 4.99 Å². The fourth-order valence-corrected chi connectivity index (χ4v) is 3.32. The Balaban J connectivity index is 2.64. The van der Waals surface area contributed by atoms with Gasteiger partial charge in [0, 0.05) is 19.6 Å². The summed E-state index contributed by atoms with van der Waals surface area (Å²) < 4.78 is 22.4. The van der Waals surface area contributed by atoms with Crippen LogP contribution in [0.15, 0.2) is 4.99 Å². The van der Waals surface area contributed by atoms with Gasteiger partial charge in [0.15, 0.2) is 15.8 Å². The van der Waals surface area contributed by atoms with Gasteiger partial charge in [-0.15, -0.1) is 0 Å². The molecule has 1 aliphatic heterocycles. The molecular weight excluding hydrogens is 202 g/mol. The van der Waals surface area contributed by atoms with E-state index in [1.54, 1.807) is 11.9 Å². The second-order valence-electron chi connectivity index (χ2n) is 3.50. The molecule has 0 radical (unpaired) electrons. The smallest absolute Gasteiger partial charge is 0.191 e. The first-order valence-corrected chi connectivity index (χ1v) is 6.51. The van der Waals surface area contributed by atoms with Gasteiger partial charge in [-0.3, -0.25) is 4.99 Å². The van der Waals surface area contributed by atoms with Crippen molar-refractivity contribution in [3.05, 3.63) is 0 Å². The number of nitrogens with two attached hydrogens (primary N) is 1. The monoisotopic (exact) mass is 219 g/mol. The minimum Gasteiger partial charge on any atom is -0.370 e. The second-order valence-corrected chi connectivity index (χ2v) is 5.73. The molecule has 0 spiro atoms. The summed E-state index contributed by atoms with van der Waals surface area (Å²) in [7, 11) is -1.05. The molecule has 1 unspecified atom stereocenters. The average molecular weight is 219 g/mol. The number of nitrogens with zero attached hydrogens (tertiary/aromatic N) is 2. The Kier molecular flexibility index (Phi) is 3.36. The molecule has 1 aliphatic rings. The quantitative estimate of drug-likeness (QED) is 0.499. The topological polar surface area (TPSA) is 75.8 Å². The first kappa shape index (κ1) is 11.3. The number of guanidine groups is 1. The minimum absolute atomic E-state index is 0.00435. The van der Waals surface area contributed by atoms with Crippen LogP contribution in [0.3, 0.4) is 0 Å². The zero-order valence-corrected chi connectivity index (χ0v) is 9.42. The van der Waals surface area contributed by atoms with Crippen LogP contribution in [0, 0.1) is 0 Å². The summed E-state index contributed by atoms with van der Waals surface area (Å²) in [6.45, 7) is 2.52. The second kappa shape index (κ2) is 4.16. The summed E-state index contributed by atoms with van der Waals surface area (Å²) in [5, 5.41) is 0. The number of aliphatic imine (C=N–C) groups is 1. The maximum atomic E-state index is 11.2. The van der Waals surface area contributed by atoms with E-state index in [4.69, 9.17) is 5.73 Å². The highest BCUT2D eigenvalue weighted by Gasteiger charge is 2.31. The maximum Gasteiger partial charge on any atom is 0.191 e. The Hall–Kier alpha value is -0.780. The molecule has 14 heavy (non-hydrogen) atoms. The van der Waals surface area contributed by atoms with Crippen LogP contribution in [0.1, 0.15) is 13.3 Å². The molecule has 1 heterocycles. The predicted molar refractivity (Wildman–Crippen MR) is 57.0 cm³/mol. The third-order valence-corrected chi connectivity index (χ3v) is 4.19. The van der Waals surface area contributed by atoms with Crippen molar-refractivity contribution in [3.8, 4) is 0 Å². The highest BCUT2D eigenvalue weighted by Crippen LogP contribution is 2.15. The van der Waals surface area contributed by atoms with Crippen molar-refractivity contribution >= 4 is 15.8 Å². The van der Waals surface area contributed by atoms with Crippen LogP contribution >= 0.6 is 0 Å². The van der Waals surface area contributed by atoms with Gasteiger partial charge in [0.1, 0.15) is 0 Å². The predicted octanol–water partition coefficient (Wildman–Crippen LogP) is -0.560. The molecule has 1 fully saturated rings. The molecule has 1 saturated heterocycles. The first-order chi connectivity index (χ1) is 6.46. The largest absolute Gasteiger partial charge is 0.370 e. The zero-order valence-electron chi connectivity index (χ0n) is 8.60. The van der Waals surface area contributed by atoms with Gasteiger partial charge in [-0.1, -0.05) is 0 Å². The zero-order chi connectivity index (χ0) is 10.8. The molecule has 0 bridgehead atoms. The van der Waals surface area contributed by atoms with Crippen LogP contribution in [0.25, 0.3) is 0 Å². The van der Waals surface area contributed by atoms with Crippen LogP contribution in [-0.4, -0.2) is 50.4 Å². The molecule has 0 amide bonds. The highest BCUT2D eigenvalue weighted by molar-refractivity contribution is 7.91.